The van der Waals surface area contributed by atoms with Crippen molar-refractivity contribution >= 4 is 23.2 Å². The molecule has 140 valence electrons. The van der Waals surface area contributed by atoms with Crippen molar-refractivity contribution in [3.05, 3.63) is 29.8 Å². The van der Waals surface area contributed by atoms with Crippen molar-refractivity contribution in [2.75, 3.05) is 0 Å². The van der Waals surface area contributed by atoms with Gasteiger partial charge in [0.25, 0.3) is 5.91 Å². The number of rotatable bonds is 4. The highest BCUT2D eigenvalue weighted by molar-refractivity contribution is 7.80. The van der Waals surface area contributed by atoms with Gasteiger partial charge >= 0.3 is 0 Å². The van der Waals surface area contributed by atoms with Gasteiger partial charge in [0.2, 0.25) is 0 Å². The van der Waals surface area contributed by atoms with Gasteiger partial charge in [-0.05, 0) is 101 Å². The normalized spacial score (nSPS) is 31.7. The van der Waals surface area contributed by atoms with Crippen LogP contribution in [0.25, 0.3) is 0 Å². The molecule has 0 atom stereocenters. The summed E-state index contributed by atoms with van der Waals surface area (Å²) in [4.78, 5) is 12.6. The molecule has 4 nitrogen and oxygen atoms in total. The van der Waals surface area contributed by atoms with E-state index in [0.717, 1.165) is 17.8 Å². The van der Waals surface area contributed by atoms with Crippen molar-refractivity contribution in [1.82, 2.24) is 10.6 Å². The third-order valence-corrected chi connectivity index (χ3v) is 6.32. The van der Waals surface area contributed by atoms with E-state index in [9.17, 15) is 4.79 Å². The summed E-state index contributed by atoms with van der Waals surface area (Å²) < 4.78 is 5.67. The van der Waals surface area contributed by atoms with Crippen molar-refractivity contribution in [1.29, 1.82) is 0 Å². The van der Waals surface area contributed by atoms with Crippen molar-refractivity contribution in [2.24, 2.45) is 17.8 Å². The minimum Gasteiger partial charge on any atom is -0.491 e. The zero-order valence-electron chi connectivity index (χ0n) is 15.6. The number of carbonyl (C=O) groups is 1. The van der Waals surface area contributed by atoms with Gasteiger partial charge in [0, 0.05) is 11.1 Å². The minimum atomic E-state index is -0.179. The van der Waals surface area contributed by atoms with Crippen LogP contribution in [0, 0.1) is 17.8 Å². The molecule has 1 amide bonds. The fraction of sp³-hybridized carbons (Fsp3) is 0.619. The van der Waals surface area contributed by atoms with E-state index in [-0.39, 0.29) is 17.6 Å². The number of ether oxygens (including phenoxy) is 1. The van der Waals surface area contributed by atoms with Gasteiger partial charge in [0.1, 0.15) is 5.75 Å². The van der Waals surface area contributed by atoms with E-state index in [2.05, 4.69) is 10.6 Å². The standard InChI is InChI=1S/C21H28N2O2S/c1-13(2)25-18-5-3-4-17(9-18)19(24)22-20(26)23-21-10-14-6-15(11-21)8-16(7-14)12-21/h3-5,9,13-16H,6-8,10-12H2,1-2H3,(H2,22,23,24,26). The summed E-state index contributed by atoms with van der Waals surface area (Å²) in [5.74, 6) is 3.06. The summed E-state index contributed by atoms with van der Waals surface area (Å²) in [6.07, 6.45) is 7.85. The number of hydrogen-bond donors (Lipinski definition) is 2. The molecule has 4 bridgehead atoms. The number of hydrogen-bond acceptors (Lipinski definition) is 3. The summed E-state index contributed by atoms with van der Waals surface area (Å²) in [7, 11) is 0. The van der Waals surface area contributed by atoms with Crippen LogP contribution in [0.3, 0.4) is 0 Å². The number of carbonyl (C=O) groups excluding carboxylic acids is 1. The SMILES string of the molecule is CC(C)Oc1cccc(C(=O)NC(=S)NC23CC4CC(CC(C4)C2)C3)c1. The predicted molar refractivity (Wildman–Crippen MR) is 106 cm³/mol. The Morgan fingerprint density at radius 2 is 1.77 bits per heavy atom. The number of benzene rings is 1. The van der Waals surface area contributed by atoms with Crippen molar-refractivity contribution < 1.29 is 9.53 Å². The van der Waals surface area contributed by atoms with E-state index >= 15 is 0 Å². The van der Waals surface area contributed by atoms with E-state index < -0.39 is 0 Å². The third kappa shape index (κ3) is 3.73. The van der Waals surface area contributed by atoms with E-state index in [4.69, 9.17) is 17.0 Å². The van der Waals surface area contributed by atoms with Crippen molar-refractivity contribution in [3.63, 3.8) is 0 Å². The Bertz CT molecular complexity index is 680. The smallest absolute Gasteiger partial charge is 0.257 e. The fourth-order valence-corrected chi connectivity index (χ4v) is 6.00. The van der Waals surface area contributed by atoms with Crippen LogP contribution in [0.15, 0.2) is 24.3 Å². The molecule has 4 fully saturated rings. The monoisotopic (exact) mass is 372 g/mol. The maximum Gasteiger partial charge on any atom is 0.257 e. The lowest BCUT2D eigenvalue weighted by Crippen LogP contribution is -2.61. The van der Waals surface area contributed by atoms with Gasteiger partial charge in [-0.1, -0.05) is 6.07 Å². The molecule has 0 spiro atoms. The average Bonchev–Trinajstić information content (AvgIpc) is 2.52. The summed E-state index contributed by atoms with van der Waals surface area (Å²) in [5, 5.41) is 6.88. The molecule has 4 aliphatic rings. The second kappa shape index (κ2) is 6.84. The topological polar surface area (TPSA) is 50.4 Å². The zero-order valence-corrected chi connectivity index (χ0v) is 16.4. The van der Waals surface area contributed by atoms with Gasteiger partial charge in [-0.25, -0.2) is 0 Å². The lowest BCUT2D eigenvalue weighted by molar-refractivity contribution is -0.0101. The first-order valence-electron chi connectivity index (χ1n) is 9.81. The van der Waals surface area contributed by atoms with Crippen LogP contribution in [0.1, 0.15) is 62.7 Å². The first kappa shape index (κ1) is 17.8. The van der Waals surface area contributed by atoms with E-state index in [0.29, 0.717) is 16.4 Å². The van der Waals surface area contributed by atoms with Gasteiger partial charge < -0.3 is 10.1 Å². The summed E-state index contributed by atoms with van der Waals surface area (Å²) in [5.41, 5.74) is 0.680. The third-order valence-electron chi connectivity index (χ3n) is 6.11. The van der Waals surface area contributed by atoms with Crippen LogP contribution in [-0.2, 0) is 0 Å². The molecule has 0 heterocycles. The van der Waals surface area contributed by atoms with Crippen LogP contribution >= 0.6 is 12.2 Å². The Morgan fingerprint density at radius 1 is 1.15 bits per heavy atom. The molecule has 26 heavy (non-hydrogen) atoms. The molecular weight excluding hydrogens is 344 g/mol. The summed E-state index contributed by atoms with van der Waals surface area (Å²) >= 11 is 5.49. The summed E-state index contributed by atoms with van der Waals surface area (Å²) in [6, 6.07) is 7.25. The molecule has 0 aromatic heterocycles. The van der Waals surface area contributed by atoms with Crippen molar-refractivity contribution in [2.45, 2.75) is 64.0 Å². The second-order valence-corrected chi connectivity index (χ2v) is 9.21. The largest absolute Gasteiger partial charge is 0.491 e. The Kier molecular flexibility index (Phi) is 4.68. The second-order valence-electron chi connectivity index (χ2n) is 8.80. The van der Waals surface area contributed by atoms with Crippen LogP contribution in [0.5, 0.6) is 5.75 Å². The average molecular weight is 373 g/mol. The molecule has 2 N–H and O–H groups in total. The van der Waals surface area contributed by atoms with Crippen LogP contribution < -0.4 is 15.4 Å². The number of thiocarbonyl (C=S) groups is 1. The Balaban J connectivity index is 1.38. The van der Waals surface area contributed by atoms with E-state index in [1.165, 1.54) is 38.5 Å². The van der Waals surface area contributed by atoms with Gasteiger partial charge in [-0.15, -0.1) is 0 Å². The van der Waals surface area contributed by atoms with Gasteiger partial charge in [0.15, 0.2) is 5.11 Å². The van der Waals surface area contributed by atoms with E-state index in [1.807, 2.05) is 26.0 Å². The molecule has 1 aromatic carbocycles. The maximum atomic E-state index is 12.6. The molecule has 1 aromatic rings. The Morgan fingerprint density at radius 3 is 2.35 bits per heavy atom. The highest BCUT2D eigenvalue weighted by atomic mass is 32.1. The number of nitrogens with one attached hydrogen (secondary N) is 2. The van der Waals surface area contributed by atoms with Gasteiger partial charge in [0.05, 0.1) is 6.10 Å². The molecule has 4 aliphatic carbocycles. The van der Waals surface area contributed by atoms with Crippen LogP contribution in [0.2, 0.25) is 0 Å². The van der Waals surface area contributed by atoms with Crippen molar-refractivity contribution in [3.8, 4) is 5.75 Å². The quantitative estimate of drug-likeness (QED) is 0.783. The molecule has 0 unspecified atom stereocenters. The molecule has 5 heteroatoms. The van der Waals surface area contributed by atoms with Gasteiger partial charge in [-0.3, -0.25) is 10.1 Å². The first-order valence-corrected chi connectivity index (χ1v) is 10.2. The summed E-state index contributed by atoms with van der Waals surface area (Å²) in [6.45, 7) is 3.94. The molecular formula is C21H28N2O2S. The molecule has 0 aliphatic heterocycles. The zero-order chi connectivity index (χ0) is 18.3. The molecule has 0 radical (unpaired) electrons. The molecule has 4 saturated carbocycles. The maximum absolute atomic E-state index is 12.6. The van der Waals surface area contributed by atoms with Gasteiger partial charge in [-0.2, -0.15) is 0 Å². The lowest BCUT2D eigenvalue weighted by atomic mass is 9.53. The fourth-order valence-electron chi connectivity index (χ4n) is 5.69. The Labute approximate surface area is 161 Å². The lowest BCUT2D eigenvalue weighted by Gasteiger charge is -2.57. The van der Waals surface area contributed by atoms with Crippen LogP contribution in [-0.4, -0.2) is 22.7 Å². The Hall–Kier alpha value is -1.62. The molecule has 0 saturated heterocycles. The van der Waals surface area contributed by atoms with E-state index in [1.54, 1.807) is 12.1 Å². The number of amides is 1. The highest BCUT2D eigenvalue weighted by Gasteiger charge is 2.51. The predicted octanol–water partition coefficient (Wildman–Crippen LogP) is 4.05. The minimum absolute atomic E-state index is 0.0761. The van der Waals surface area contributed by atoms with Crippen LogP contribution in [0.4, 0.5) is 0 Å². The highest BCUT2D eigenvalue weighted by Crippen LogP contribution is 2.55. The molecule has 5 rings (SSSR count). The first-order chi connectivity index (χ1) is 12.4.